The molecule has 0 radical (unpaired) electrons. The van der Waals surface area contributed by atoms with Gasteiger partial charge < -0.3 is 10.0 Å². The summed E-state index contributed by atoms with van der Waals surface area (Å²) >= 11 is 0. The van der Waals surface area contributed by atoms with E-state index in [0.29, 0.717) is 24.2 Å². The third kappa shape index (κ3) is 2.43. The molecule has 0 aromatic carbocycles. The van der Waals surface area contributed by atoms with Gasteiger partial charge in [0.15, 0.2) is 0 Å². The van der Waals surface area contributed by atoms with Gasteiger partial charge in [0.05, 0.1) is 30.3 Å². The lowest BCUT2D eigenvalue weighted by molar-refractivity contribution is -0.0394. The first-order valence-electron chi connectivity index (χ1n) is 7.09. The third-order valence-corrected chi connectivity index (χ3v) is 4.40. The zero-order valence-electron chi connectivity index (χ0n) is 11.9. The number of nitrogens with zero attached hydrogens (tertiary/aromatic N) is 4. The molecule has 0 saturated heterocycles. The van der Waals surface area contributed by atoms with Crippen LogP contribution in [0.1, 0.15) is 36.2 Å². The van der Waals surface area contributed by atoms with Crippen LogP contribution in [-0.4, -0.2) is 39.0 Å². The van der Waals surface area contributed by atoms with Crippen LogP contribution in [0.4, 0.5) is 8.78 Å². The lowest BCUT2D eigenvalue weighted by Crippen LogP contribution is -2.33. The standard InChI is InChI=1S/C14H18F2N4O/c1-19-7-2-11-10(8-19)12-14(15,16)4-3-13(21,5-6-17)9-20(12)18-11/h21H,2-5,7-9H2,1H3. The molecule has 3 rings (SSSR count). The maximum atomic E-state index is 14.5. The van der Waals surface area contributed by atoms with Gasteiger partial charge in [0.1, 0.15) is 5.69 Å². The van der Waals surface area contributed by atoms with Gasteiger partial charge in [-0.25, -0.2) is 0 Å². The van der Waals surface area contributed by atoms with E-state index in [0.717, 1.165) is 6.54 Å². The summed E-state index contributed by atoms with van der Waals surface area (Å²) in [6, 6.07) is 1.89. The van der Waals surface area contributed by atoms with Crippen molar-refractivity contribution in [2.75, 3.05) is 13.6 Å². The summed E-state index contributed by atoms with van der Waals surface area (Å²) in [7, 11) is 1.90. The summed E-state index contributed by atoms with van der Waals surface area (Å²) in [5, 5.41) is 23.5. The van der Waals surface area contributed by atoms with E-state index in [4.69, 9.17) is 5.26 Å². The van der Waals surface area contributed by atoms with Gasteiger partial charge in [0, 0.05) is 31.5 Å². The van der Waals surface area contributed by atoms with Crippen molar-refractivity contribution in [1.29, 1.82) is 5.26 Å². The van der Waals surface area contributed by atoms with E-state index in [1.54, 1.807) is 0 Å². The predicted molar refractivity (Wildman–Crippen MR) is 70.6 cm³/mol. The molecule has 0 bridgehead atoms. The average molecular weight is 296 g/mol. The number of hydrogen-bond donors (Lipinski definition) is 1. The fraction of sp³-hybridized carbons (Fsp3) is 0.714. The zero-order valence-corrected chi connectivity index (χ0v) is 11.9. The Morgan fingerprint density at radius 2 is 2.19 bits per heavy atom. The Balaban J connectivity index is 2.08. The van der Waals surface area contributed by atoms with E-state index >= 15 is 0 Å². The van der Waals surface area contributed by atoms with Crippen LogP contribution >= 0.6 is 0 Å². The minimum absolute atomic E-state index is 0.0395. The number of aromatic nitrogens is 2. The van der Waals surface area contributed by atoms with Gasteiger partial charge in [-0.05, 0) is 13.5 Å². The van der Waals surface area contributed by atoms with Crippen LogP contribution in [0.5, 0.6) is 0 Å². The summed E-state index contributed by atoms with van der Waals surface area (Å²) in [5.41, 5.74) is -0.207. The van der Waals surface area contributed by atoms with Crippen molar-refractivity contribution in [2.45, 2.75) is 50.3 Å². The second-order valence-electron chi connectivity index (χ2n) is 6.18. The number of alkyl halides is 2. The first kappa shape index (κ1) is 14.4. The monoisotopic (exact) mass is 296 g/mol. The maximum Gasteiger partial charge on any atom is 0.289 e. The molecule has 21 heavy (non-hydrogen) atoms. The van der Waals surface area contributed by atoms with Crippen LogP contribution < -0.4 is 0 Å². The Labute approximate surface area is 121 Å². The highest BCUT2D eigenvalue weighted by Crippen LogP contribution is 2.43. The number of rotatable bonds is 1. The molecule has 1 atom stereocenters. The van der Waals surface area contributed by atoms with E-state index in [9.17, 15) is 13.9 Å². The molecule has 2 aliphatic heterocycles. The topological polar surface area (TPSA) is 65.1 Å². The first-order chi connectivity index (χ1) is 9.85. The van der Waals surface area contributed by atoms with Crippen molar-refractivity contribution in [3.05, 3.63) is 17.0 Å². The number of hydrogen-bond acceptors (Lipinski definition) is 4. The summed E-state index contributed by atoms with van der Waals surface area (Å²) < 4.78 is 30.3. The Morgan fingerprint density at radius 1 is 1.43 bits per heavy atom. The third-order valence-electron chi connectivity index (χ3n) is 4.40. The molecule has 1 aromatic rings. The van der Waals surface area contributed by atoms with Gasteiger partial charge in [-0.1, -0.05) is 0 Å². The molecule has 1 N–H and O–H groups in total. The van der Waals surface area contributed by atoms with Crippen molar-refractivity contribution in [2.24, 2.45) is 0 Å². The Kier molecular flexibility index (Phi) is 3.26. The highest BCUT2D eigenvalue weighted by Gasteiger charge is 2.46. The Hall–Kier alpha value is -1.52. The lowest BCUT2D eigenvalue weighted by atomic mass is 9.93. The van der Waals surface area contributed by atoms with Crippen molar-refractivity contribution in [1.82, 2.24) is 14.7 Å². The van der Waals surface area contributed by atoms with Gasteiger partial charge >= 0.3 is 0 Å². The molecule has 0 fully saturated rings. The molecule has 3 heterocycles. The van der Waals surface area contributed by atoms with Gasteiger partial charge in [-0.15, -0.1) is 0 Å². The molecule has 114 valence electrons. The molecule has 5 nitrogen and oxygen atoms in total. The molecule has 2 aliphatic rings. The number of nitriles is 1. The number of aliphatic hydroxyl groups is 1. The van der Waals surface area contributed by atoms with Crippen molar-refractivity contribution in [3.63, 3.8) is 0 Å². The molecular formula is C14H18F2N4O. The van der Waals surface area contributed by atoms with Crippen molar-refractivity contribution < 1.29 is 13.9 Å². The fourth-order valence-electron chi connectivity index (χ4n) is 3.24. The summed E-state index contributed by atoms with van der Waals surface area (Å²) in [5.74, 6) is -3.02. The second-order valence-corrected chi connectivity index (χ2v) is 6.18. The van der Waals surface area contributed by atoms with Crippen LogP contribution in [0.25, 0.3) is 0 Å². The lowest BCUT2D eigenvalue weighted by Gasteiger charge is -2.24. The Bertz CT molecular complexity index is 607. The molecule has 0 spiro atoms. The smallest absolute Gasteiger partial charge is 0.289 e. The molecule has 1 unspecified atom stereocenters. The number of halogens is 2. The molecule has 0 amide bonds. The summed E-state index contributed by atoms with van der Waals surface area (Å²) in [6.07, 6.45) is -0.0693. The largest absolute Gasteiger partial charge is 0.387 e. The van der Waals surface area contributed by atoms with Gasteiger partial charge in [-0.2, -0.15) is 19.1 Å². The molecule has 0 saturated carbocycles. The highest BCUT2D eigenvalue weighted by molar-refractivity contribution is 5.32. The number of likely N-dealkylation sites (N-methyl/N-ethyl adjacent to an activating group) is 1. The minimum atomic E-state index is -3.02. The molecule has 0 aliphatic carbocycles. The minimum Gasteiger partial charge on any atom is -0.387 e. The normalized spacial score (nSPS) is 28.3. The predicted octanol–water partition coefficient (Wildman–Crippen LogP) is 1.40. The summed E-state index contributed by atoms with van der Waals surface area (Å²) in [4.78, 5) is 1.99. The van der Waals surface area contributed by atoms with Crippen LogP contribution in [0.15, 0.2) is 0 Å². The average Bonchev–Trinajstić information content (AvgIpc) is 2.70. The van der Waals surface area contributed by atoms with Gasteiger partial charge in [0.25, 0.3) is 5.92 Å². The van der Waals surface area contributed by atoms with Crippen molar-refractivity contribution >= 4 is 0 Å². The maximum absolute atomic E-state index is 14.5. The molecule has 1 aromatic heterocycles. The van der Waals surface area contributed by atoms with E-state index in [-0.39, 0.29) is 25.1 Å². The fourth-order valence-corrected chi connectivity index (χ4v) is 3.24. The molecule has 7 heteroatoms. The van der Waals surface area contributed by atoms with Gasteiger partial charge in [-0.3, -0.25) is 4.68 Å². The molecular weight excluding hydrogens is 278 g/mol. The quantitative estimate of drug-likeness (QED) is 0.851. The zero-order chi connectivity index (χ0) is 15.3. The SMILES string of the molecule is CN1CCc2nn3c(c2C1)C(F)(F)CCC(O)(CC#N)C3. The van der Waals surface area contributed by atoms with E-state index in [1.807, 2.05) is 18.0 Å². The van der Waals surface area contributed by atoms with Crippen molar-refractivity contribution in [3.8, 4) is 6.07 Å². The highest BCUT2D eigenvalue weighted by atomic mass is 19.3. The van der Waals surface area contributed by atoms with Gasteiger partial charge in [0.2, 0.25) is 0 Å². The van der Waals surface area contributed by atoms with Crippen LogP contribution in [-0.2, 0) is 25.4 Å². The Morgan fingerprint density at radius 3 is 2.90 bits per heavy atom. The van der Waals surface area contributed by atoms with Crippen LogP contribution in [0.2, 0.25) is 0 Å². The van der Waals surface area contributed by atoms with E-state index in [1.165, 1.54) is 4.68 Å². The van der Waals surface area contributed by atoms with Crippen LogP contribution in [0.3, 0.4) is 0 Å². The second kappa shape index (κ2) is 4.75. The van der Waals surface area contributed by atoms with E-state index < -0.39 is 17.9 Å². The van der Waals surface area contributed by atoms with Crippen LogP contribution in [0, 0.1) is 11.3 Å². The first-order valence-corrected chi connectivity index (χ1v) is 7.09. The van der Waals surface area contributed by atoms with E-state index in [2.05, 4.69) is 5.10 Å². The number of fused-ring (bicyclic) bond motifs is 3. The summed E-state index contributed by atoms with van der Waals surface area (Å²) in [6.45, 7) is 1.20.